The smallest absolute Gasteiger partial charge is 0.274 e. The van der Waals surface area contributed by atoms with Crippen molar-refractivity contribution in [3.05, 3.63) is 41.7 Å². The van der Waals surface area contributed by atoms with E-state index >= 15 is 0 Å². The van der Waals surface area contributed by atoms with Gasteiger partial charge in [-0.3, -0.25) is 9.89 Å². The van der Waals surface area contributed by atoms with Gasteiger partial charge in [0.15, 0.2) is 17.2 Å². The number of aliphatic hydroxyl groups is 1. The average Bonchev–Trinajstić information content (AvgIpc) is 3.30. The van der Waals surface area contributed by atoms with Crippen molar-refractivity contribution in [3.8, 4) is 11.5 Å². The third-order valence-electron chi connectivity index (χ3n) is 4.33. The van der Waals surface area contributed by atoms with E-state index in [2.05, 4.69) is 10.2 Å². The number of aliphatic hydroxyl groups excluding tert-OH is 1. The minimum Gasteiger partial charge on any atom is -0.493 e. The number of nitrogens with zero attached hydrogens (tertiary/aromatic N) is 2. The summed E-state index contributed by atoms with van der Waals surface area (Å²) in [4.78, 5) is 14.3. The maximum Gasteiger partial charge on any atom is 0.274 e. The Hall–Kier alpha value is -2.58. The van der Waals surface area contributed by atoms with Gasteiger partial charge < -0.3 is 24.2 Å². The number of benzene rings is 1. The molecule has 8 heteroatoms. The summed E-state index contributed by atoms with van der Waals surface area (Å²) in [5.41, 5.74) is 0.947. The number of aromatic nitrogens is 2. The second kappa shape index (κ2) is 8.20. The number of rotatable bonds is 7. The maximum atomic E-state index is 12.7. The highest BCUT2D eigenvalue weighted by molar-refractivity contribution is 5.92. The number of aromatic amines is 1. The Kier molecular flexibility index (Phi) is 5.75. The van der Waals surface area contributed by atoms with Crippen molar-refractivity contribution in [1.29, 1.82) is 0 Å². The molecule has 3 rings (SSSR count). The van der Waals surface area contributed by atoms with Gasteiger partial charge in [-0.1, -0.05) is 12.1 Å². The summed E-state index contributed by atoms with van der Waals surface area (Å²) in [6, 6.07) is 8.64. The number of para-hydroxylation sites is 2. The molecule has 8 nitrogen and oxygen atoms in total. The normalized spacial score (nSPS) is 19.3. The van der Waals surface area contributed by atoms with Gasteiger partial charge in [-0.2, -0.15) is 5.10 Å². The SMILES string of the molecule is CCN(C(=O)c1cc(COc2ccccc2OC)[nH]n1)[C@H]1COC[C@@H]1O. The van der Waals surface area contributed by atoms with E-state index in [9.17, 15) is 9.90 Å². The van der Waals surface area contributed by atoms with Crippen molar-refractivity contribution in [2.75, 3.05) is 26.9 Å². The second-order valence-electron chi connectivity index (χ2n) is 5.98. The molecule has 1 amide bonds. The summed E-state index contributed by atoms with van der Waals surface area (Å²) in [5.74, 6) is 0.997. The van der Waals surface area contributed by atoms with Crippen LogP contribution in [-0.4, -0.2) is 65.1 Å². The number of nitrogens with one attached hydrogen (secondary N) is 1. The Bertz CT molecular complexity index is 748. The van der Waals surface area contributed by atoms with Crippen molar-refractivity contribution in [2.45, 2.75) is 25.7 Å². The number of ether oxygens (including phenoxy) is 3. The largest absolute Gasteiger partial charge is 0.493 e. The molecule has 26 heavy (non-hydrogen) atoms. The number of hydrogen-bond donors (Lipinski definition) is 2. The van der Waals surface area contributed by atoms with Crippen LogP contribution in [0.1, 0.15) is 23.1 Å². The fourth-order valence-electron chi connectivity index (χ4n) is 2.94. The number of amides is 1. The van der Waals surface area contributed by atoms with Gasteiger partial charge in [0.05, 0.1) is 38.2 Å². The minimum absolute atomic E-state index is 0.224. The van der Waals surface area contributed by atoms with Crippen LogP contribution in [0.25, 0.3) is 0 Å². The van der Waals surface area contributed by atoms with Gasteiger partial charge in [-0.25, -0.2) is 0 Å². The van der Waals surface area contributed by atoms with Crippen LogP contribution in [0.15, 0.2) is 30.3 Å². The summed E-state index contributed by atoms with van der Waals surface area (Å²) in [5, 5.41) is 16.9. The first-order chi connectivity index (χ1) is 12.6. The van der Waals surface area contributed by atoms with Gasteiger partial charge in [0.25, 0.3) is 5.91 Å². The molecular formula is C18H23N3O5. The van der Waals surface area contributed by atoms with E-state index < -0.39 is 6.10 Å². The zero-order valence-electron chi connectivity index (χ0n) is 14.8. The molecule has 0 bridgehead atoms. The molecule has 0 unspecified atom stereocenters. The zero-order valence-corrected chi connectivity index (χ0v) is 14.8. The third kappa shape index (κ3) is 3.81. The standard InChI is InChI=1S/C18H23N3O5/c1-3-21(14-10-25-11-15(14)22)18(23)13-8-12(19-20-13)9-26-17-7-5-4-6-16(17)24-2/h4-8,14-15,22H,3,9-11H2,1-2H3,(H,19,20)/t14-,15-/m0/s1. The van der Waals surface area contributed by atoms with Crippen LogP contribution in [0, 0.1) is 0 Å². The summed E-state index contributed by atoms with van der Waals surface area (Å²) in [6.45, 7) is 3.12. The lowest BCUT2D eigenvalue weighted by Gasteiger charge is -2.27. The number of methoxy groups -OCH3 is 1. The zero-order chi connectivity index (χ0) is 18.5. The van der Waals surface area contributed by atoms with Crippen LogP contribution < -0.4 is 9.47 Å². The molecule has 2 heterocycles. The third-order valence-corrected chi connectivity index (χ3v) is 4.33. The molecule has 1 aromatic carbocycles. The minimum atomic E-state index is -0.675. The lowest BCUT2D eigenvalue weighted by atomic mass is 10.1. The van der Waals surface area contributed by atoms with Crippen molar-refractivity contribution in [1.82, 2.24) is 15.1 Å². The molecule has 1 aliphatic rings. The molecule has 2 atom stereocenters. The Morgan fingerprint density at radius 3 is 2.81 bits per heavy atom. The van der Waals surface area contributed by atoms with Crippen molar-refractivity contribution in [3.63, 3.8) is 0 Å². The first kappa shape index (κ1) is 18.2. The number of H-pyrrole nitrogens is 1. The monoisotopic (exact) mass is 361 g/mol. The summed E-state index contributed by atoms with van der Waals surface area (Å²) in [7, 11) is 1.58. The van der Waals surface area contributed by atoms with Crippen LogP contribution >= 0.6 is 0 Å². The lowest BCUT2D eigenvalue weighted by Crippen LogP contribution is -2.46. The fraction of sp³-hybridized carbons (Fsp3) is 0.444. The van der Waals surface area contributed by atoms with Gasteiger partial charge in [0.1, 0.15) is 6.61 Å². The van der Waals surface area contributed by atoms with E-state index in [1.54, 1.807) is 18.1 Å². The molecule has 0 aliphatic carbocycles. The molecule has 0 spiro atoms. The van der Waals surface area contributed by atoms with Crippen molar-refractivity contribution < 1.29 is 24.1 Å². The number of likely N-dealkylation sites (N-methyl/N-ethyl adjacent to an activating group) is 1. The van der Waals surface area contributed by atoms with E-state index in [-0.39, 0.29) is 30.9 Å². The van der Waals surface area contributed by atoms with Crippen LogP contribution in [0.4, 0.5) is 0 Å². The highest BCUT2D eigenvalue weighted by Crippen LogP contribution is 2.26. The van der Waals surface area contributed by atoms with Gasteiger partial charge >= 0.3 is 0 Å². The number of carbonyl (C=O) groups is 1. The fourth-order valence-corrected chi connectivity index (χ4v) is 2.94. The molecule has 1 saturated heterocycles. The predicted molar refractivity (Wildman–Crippen MR) is 93.2 cm³/mol. The van der Waals surface area contributed by atoms with Gasteiger partial charge in [0.2, 0.25) is 0 Å². The van der Waals surface area contributed by atoms with Crippen molar-refractivity contribution >= 4 is 5.91 Å². The summed E-state index contributed by atoms with van der Waals surface area (Å²) >= 11 is 0. The number of hydrogen-bond acceptors (Lipinski definition) is 6. The molecule has 1 fully saturated rings. The Morgan fingerprint density at radius 2 is 2.15 bits per heavy atom. The van der Waals surface area contributed by atoms with Crippen LogP contribution in [0.3, 0.4) is 0 Å². The molecule has 0 radical (unpaired) electrons. The topological polar surface area (TPSA) is 96.9 Å². The Balaban J connectivity index is 1.66. The first-order valence-corrected chi connectivity index (χ1v) is 8.51. The van der Waals surface area contributed by atoms with E-state index in [1.807, 2.05) is 31.2 Å². The molecule has 1 aromatic heterocycles. The van der Waals surface area contributed by atoms with E-state index in [0.29, 0.717) is 30.3 Å². The quantitative estimate of drug-likeness (QED) is 0.770. The molecule has 1 aliphatic heterocycles. The van der Waals surface area contributed by atoms with Crippen molar-refractivity contribution in [2.24, 2.45) is 0 Å². The van der Waals surface area contributed by atoms with E-state index in [4.69, 9.17) is 14.2 Å². The lowest BCUT2D eigenvalue weighted by molar-refractivity contribution is 0.0515. The molecule has 140 valence electrons. The highest BCUT2D eigenvalue weighted by atomic mass is 16.5. The molecule has 0 saturated carbocycles. The molecule has 2 aromatic rings. The average molecular weight is 361 g/mol. The van der Waals surface area contributed by atoms with Crippen LogP contribution in [0.2, 0.25) is 0 Å². The predicted octanol–water partition coefficient (Wildman–Crippen LogP) is 1.22. The molecule has 2 N–H and O–H groups in total. The highest BCUT2D eigenvalue weighted by Gasteiger charge is 2.34. The van der Waals surface area contributed by atoms with Gasteiger partial charge in [0, 0.05) is 6.54 Å². The maximum absolute atomic E-state index is 12.7. The van der Waals surface area contributed by atoms with Crippen LogP contribution in [-0.2, 0) is 11.3 Å². The van der Waals surface area contributed by atoms with E-state index in [0.717, 1.165) is 0 Å². The number of carbonyl (C=O) groups excluding carboxylic acids is 1. The summed E-state index contributed by atoms with van der Waals surface area (Å²) < 4.78 is 16.2. The summed E-state index contributed by atoms with van der Waals surface area (Å²) in [6.07, 6.45) is -0.675. The Morgan fingerprint density at radius 1 is 1.38 bits per heavy atom. The van der Waals surface area contributed by atoms with E-state index in [1.165, 1.54) is 0 Å². The van der Waals surface area contributed by atoms with Gasteiger partial charge in [-0.15, -0.1) is 0 Å². The Labute approximate surface area is 151 Å². The van der Waals surface area contributed by atoms with Gasteiger partial charge in [-0.05, 0) is 25.1 Å². The van der Waals surface area contributed by atoms with Crippen LogP contribution in [0.5, 0.6) is 11.5 Å². The second-order valence-corrected chi connectivity index (χ2v) is 5.98. The molecular weight excluding hydrogens is 338 g/mol. The first-order valence-electron chi connectivity index (χ1n) is 8.51.